The summed E-state index contributed by atoms with van der Waals surface area (Å²) in [5.74, 6) is -0.574. The van der Waals surface area contributed by atoms with Gasteiger partial charge in [-0.05, 0) is 67.3 Å². The molecule has 3 unspecified atom stereocenters. The van der Waals surface area contributed by atoms with E-state index in [1.54, 1.807) is 36.5 Å². The number of nitrogens with one attached hydrogen (secondary N) is 2. The van der Waals surface area contributed by atoms with Gasteiger partial charge in [-0.1, -0.05) is 0 Å². The monoisotopic (exact) mass is 510 g/mol. The summed E-state index contributed by atoms with van der Waals surface area (Å²) in [5.41, 5.74) is 3.02. The Morgan fingerprint density at radius 3 is 2.57 bits per heavy atom. The number of aryl methyl sites for hydroxylation is 2. The highest BCUT2D eigenvalue weighted by molar-refractivity contribution is 5.94. The second-order valence-corrected chi connectivity index (χ2v) is 9.16. The number of phenolic OH excluding ortho intramolecular Hbond substituents is 1. The molecule has 0 saturated carbocycles. The van der Waals surface area contributed by atoms with Gasteiger partial charge in [0.05, 0.1) is 24.2 Å². The summed E-state index contributed by atoms with van der Waals surface area (Å²) in [7, 11) is 0. The molecule has 0 aliphatic rings. The molecule has 0 fully saturated rings. The topological polar surface area (TPSA) is 181 Å². The number of fused-ring (bicyclic) bond motifs is 2. The molecule has 1 amide bonds. The third-order valence-corrected chi connectivity index (χ3v) is 6.55. The predicted molar refractivity (Wildman–Crippen MR) is 137 cm³/mol. The van der Waals surface area contributed by atoms with Crippen LogP contribution in [0, 0.1) is 13.8 Å². The van der Waals surface area contributed by atoms with Gasteiger partial charge in [0.25, 0.3) is 11.5 Å². The molecule has 11 nitrogen and oxygen atoms in total. The van der Waals surface area contributed by atoms with Crippen LogP contribution in [0.5, 0.6) is 5.75 Å². The number of carbonyl (C=O) groups is 1. The smallest absolute Gasteiger partial charge is 0.282 e. The normalized spacial score (nSPS) is 14.1. The molecule has 7 N–H and O–H groups in total. The summed E-state index contributed by atoms with van der Waals surface area (Å²) in [6, 6.07) is 8.38. The van der Waals surface area contributed by atoms with Crippen LogP contribution < -0.4 is 10.9 Å². The molecule has 0 spiro atoms. The Labute approximate surface area is 211 Å². The van der Waals surface area contributed by atoms with Gasteiger partial charge < -0.3 is 40.4 Å². The van der Waals surface area contributed by atoms with Gasteiger partial charge in [-0.15, -0.1) is 0 Å². The SMILES string of the molecule is Cc1cc2nc(C(=O)NCCc3c[nH]c4ccc(O)cc34)c(=O)n(CC(O)C(O)C(O)CO)c2cc1C. The van der Waals surface area contributed by atoms with Crippen molar-refractivity contribution in [3.63, 3.8) is 0 Å². The number of rotatable bonds is 9. The Morgan fingerprint density at radius 2 is 1.84 bits per heavy atom. The van der Waals surface area contributed by atoms with Crippen molar-refractivity contribution in [1.82, 2.24) is 19.9 Å². The molecule has 4 aromatic rings. The number of aliphatic hydroxyl groups is 4. The third kappa shape index (κ3) is 5.35. The Bertz CT molecular complexity index is 1510. The van der Waals surface area contributed by atoms with Crippen LogP contribution in [0.1, 0.15) is 27.2 Å². The van der Waals surface area contributed by atoms with Crippen LogP contribution in [0.25, 0.3) is 21.9 Å². The molecule has 11 heteroatoms. The summed E-state index contributed by atoms with van der Waals surface area (Å²) in [6.45, 7) is 2.69. The summed E-state index contributed by atoms with van der Waals surface area (Å²) in [5, 5.41) is 52.6. The molecule has 2 heterocycles. The lowest BCUT2D eigenvalue weighted by Gasteiger charge is -2.23. The van der Waals surface area contributed by atoms with Gasteiger partial charge in [0, 0.05) is 23.6 Å². The lowest BCUT2D eigenvalue weighted by atomic mass is 10.1. The average Bonchev–Trinajstić information content (AvgIpc) is 3.27. The quantitative estimate of drug-likeness (QED) is 0.167. The van der Waals surface area contributed by atoms with E-state index in [2.05, 4.69) is 15.3 Å². The fraction of sp³-hybridized carbons (Fsp3) is 0.346. The van der Waals surface area contributed by atoms with Crippen LogP contribution >= 0.6 is 0 Å². The molecule has 0 aliphatic carbocycles. The van der Waals surface area contributed by atoms with Crippen LogP contribution in [0.3, 0.4) is 0 Å². The summed E-state index contributed by atoms with van der Waals surface area (Å²) in [6.07, 6.45) is -2.69. The molecule has 2 aromatic heterocycles. The Balaban J connectivity index is 1.62. The first-order valence-electron chi connectivity index (χ1n) is 11.8. The molecule has 4 rings (SSSR count). The van der Waals surface area contributed by atoms with Crippen molar-refractivity contribution >= 4 is 27.8 Å². The molecular weight excluding hydrogens is 480 g/mol. The van der Waals surface area contributed by atoms with Crippen LogP contribution in [0.4, 0.5) is 0 Å². The van der Waals surface area contributed by atoms with Crippen molar-refractivity contribution in [3.05, 3.63) is 69.3 Å². The minimum absolute atomic E-state index is 0.127. The molecule has 196 valence electrons. The number of aromatic amines is 1. The number of amides is 1. The molecule has 0 bridgehead atoms. The highest BCUT2D eigenvalue weighted by Gasteiger charge is 2.27. The summed E-state index contributed by atoms with van der Waals surface area (Å²) in [4.78, 5) is 33.7. The highest BCUT2D eigenvalue weighted by atomic mass is 16.4. The second kappa shape index (κ2) is 10.7. The lowest BCUT2D eigenvalue weighted by Crippen LogP contribution is -2.44. The minimum Gasteiger partial charge on any atom is -0.508 e. The van der Waals surface area contributed by atoms with Gasteiger partial charge in [0.1, 0.15) is 24.1 Å². The van der Waals surface area contributed by atoms with Gasteiger partial charge in [-0.3, -0.25) is 9.59 Å². The van der Waals surface area contributed by atoms with Crippen molar-refractivity contribution < 1.29 is 30.3 Å². The second-order valence-electron chi connectivity index (χ2n) is 9.16. The van der Waals surface area contributed by atoms with Gasteiger partial charge >= 0.3 is 0 Å². The van der Waals surface area contributed by atoms with Crippen molar-refractivity contribution in [3.8, 4) is 5.75 Å². The largest absolute Gasteiger partial charge is 0.508 e. The third-order valence-electron chi connectivity index (χ3n) is 6.55. The molecule has 0 radical (unpaired) electrons. The van der Waals surface area contributed by atoms with E-state index in [4.69, 9.17) is 5.11 Å². The number of hydrogen-bond donors (Lipinski definition) is 7. The average molecular weight is 511 g/mol. The zero-order valence-corrected chi connectivity index (χ0v) is 20.5. The number of aliphatic hydroxyl groups excluding tert-OH is 4. The standard InChI is InChI=1S/C26H30N4O7/c1-13-7-19-20(8-14(13)2)30(11-21(33)24(35)22(34)12-31)26(37)23(29-19)25(36)27-6-5-15-10-28-18-4-3-16(32)9-17(15)18/h3-4,7-10,21-22,24,28,31-35H,5-6,11-12H2,1-2H3,(H,27,36). The molecule has 37 heavy (non-hydrogen) atoms. The molecule has 0 saturated heterocycles. The van der Waals surface area contributed by atoms with Gasteiger partial charge in [0.2, 0.25) is 0 Å². The van der Waals surface area contributed by atoms with E-state index in [0.29, 0.717) is 17.5 Å². The molecule has 2 aromatic carbocycles. The Hall–Kier alpha value is -3.77. The van der Waals surface area contributed by atoms with E-state index in [9.17, 15) is 30.0 Å². The Morgan fingerprint density at radius 1 is 1.11 bits per heavy atom. The van der Waals surface area contributed by atoms with Crippen LogP contribution in [-0.4, -0.2) is 77.4 Å². The number of phenols is 1. The first-order valence-corrected chi connectivity index (χ1v) is 11.8. The maximum absolute atomic E-state index is 13.3. The van der Waals surface area contributed by atoms with E-state index in [1.165, 1.54) is 0 Å². The number of aromatic nitrogens is 3. The Kier molecular flexibility index (Phi) is 7.60. The van der Waals surface area contributed by atoms with Gasteiger partial charge in [-0.2, -0.15) is 0 Å². The van der Waals surface area contributed by atoms with Crippen LogP contribution in [-0.2, 0) is 13.0 Å². The van der Waals surface area contributed by atoms with Crippen molar-refractivity contribution in [2.24, 2.45) is 0 Å². The number of aromatic hydroxyl groups is 1. The highest BCUT2D eigenvalue weighted by Crippen LogP contribution is 2.23. The first kappa shape index (κ1) is 26.3. The zero-order valence-electron chi connectivity index (χ0n) is 20.5. The number of nitrogens with zero attached hydrogens (tertiary/aromatic N) is 2. The van der Waals surface area contributed by atoms with E-state index in [-0.39, 0.29) is 18.0 Å². The fourth-order valence-electron chi connectivity index (χ4n) is 4.25. The maximum atomic E-state index is 13.3. The maximum Gasteiger partial charge on any atom is 0.282 e. The molecule has 0 aliphatic heterocycles. The van der Waals surface area contributed by atoms with Crippen molar-refractivity contribution in [1.29, 1.82) is 0 Å². The number of hydrogen-bond acceptors (Lipinski definition) is 8. The van der Waals surface area contributed by atoms with Crippen LogP contribution in [0.15, 0.2) is 41.3 Å². The van der Waals surface area contributed by atoms with E-state index < -0.39 is 42.9 Å². The predicted octanol–water partition coefficient (Wildman–Crippen LogP) is 0.248. The van der Waals surface area contributed by atoms with Crippen molar-refractivity contribution in [2.45, 2.75) is 45.1 Å². The summed E-state index contributed by atoms with van der Waals surface area (Å²) >= 11 is 0. The number of carbonyl (C=O) groups excluding carboxylic acids is 1. The minimum atomic E-state index is -1.71. The molecular formula is C26H30N4O7. The van der Waals surface area contributed by atoms with E-state index >= 15 is 0 Å². The van der Waals surface area contributed by atoms with E-state index in [0.717, 1.165) is 32.2 Å². The van der Waals surface area contributed by atoms with Crippen LogP contribution in [0.2, 0.25) is 0 Å². The van der Waals surface area contributed by atoms with Gasteiger partial charge in [-0.25, -0.2) is 4.98 Å². The van der Waals surface area contributed by atoms with E-state index in [1.807, 2.05) is 13.8 Å². The lowest BCUT2D eigenvalue weighted by molar-refractivity contribution is -0.0805. The van der Waals surface area contributed by atoms with Gasteiger partial charge in [0.15, 0.2) is 5.69 Å². The zero-order chi connectivity index (χ0) is 26.9. The summed E-state index contributed by atoms with van der Waals surface area (Å²) < 4.78 is 1.14. The first-order chi connectivity index (χ1) is 17.6. The number of benzene rings is 2. The molecule has 3 atom stereocenters. The fourth-order valence-corrected chi connectivity index (χ4v) is 4.25. The van der Waals surface area contributed by atoms with Crippen molar-refractivity contribution in [2.75, 3.05) is 13.2 Å². The number of H-pyrrole nitrogens is 1.